The highest BCUT2D eigenvalue weighted by molar-refractivity contribution is 7.13. The molecule has 1 aliphatic rings. The van der Waals surface area contributed by atoms with Gasteiger partial charge in [-0.05, 0) is 42.9 Å². The van der Waals surface area contributed by atoms with Gasteiger partial charge in [0.05, 0.1) is 18.5 Å². The predicted octanol–water partition coefficient (Wildman–Crippen LogP) is 4.21. The van der Waals surface area contributed by atoms with E-state index in [-0.39, 0.29) is 5.91 Å². The smallest absolute Gasteiger partial charge is 0.275 e. The number of carbonyl (C=O) groups is 1. The number of para-hydroxylation sites is 2. The number of rotatable bonds is 6. The fourth-order valence-corrected chi connectivity index (χ4v) is 4.40. The number of carbonyl (C=O) groups excluding carboxylic acids is 1. The van der Waals surface area contributed by atoms with Crippen LogP contribution in [0.15, 0.2) is 53.9 Å². The molecule has 30 heavy (non-hydrogen) atoms. The number of piperazine rings is 1. The first kappa shape index (κ1) is 20.4. The molecule has 0 aliphatic carbocycles. The van der Waals surface area contributed by atoms with Crippen LogP contribution in [0.5, 0.6) is 5.75 Å². The van der Waals surface area contributed by atoms with Gasteiger partial charge >= 0.3 is 0 Å². The SMILES string of the molecule is CCN1CCN(c2ccccc2NC(=O)c2csc(-c3ccc(OC)cc3)n2)CC1. The third-order valence-corrected chi connectivity index (χ3v) is 6.28. The quantitative estimate of drug-likeness (QED) is 0.645. The van der Waals surface area contributed by atoms with Crippen molar-refractivity contribution < 1.29 is 9.53 Å². The highest BCUT2D eigenvalue weighted by Gasteiger charge is 2.20. The third-order valence-electron chi connectivity index (χ3n) is 5.39. The maximum atomic E-state index is 12.9. The van der Waals surface area contributed by atoms with Gasteiger partial charge in [0, 0.05) is 37.1 Å². The van der Waals surface area contributed by atoms with Crippen molar-refractivity contribution in [1.82, 2.24) is 9.88 Å². The van der Waals surface area contributed by atoms with E-state index in [1.54, 1.807) is 12.5 Å². The number of hydrogen-bond donors (Lipinski definition) is 1. The number of methoxy groups -OCH3 is 1. The van der Waals surface area contributed by atoms with Gasteiger partial charge in [0.15, 0.2) is 0 Å². The molecule has 1 amide bonds. The van der Waals surface area contributed by atoms with Crippen LogP contribution in [-0.2, 0) is 0 Å². The normalized spacial score (nSPS) is 14.5. The van der Waals surface area contributed by atoms with Crippen molar-refractivity contribution in [2.45, 2.75) is 6.92 Å². The molecule has 1 fully saturated rings. The van der Waals surface area contributed by atoms with Gasteiger partial charge in [-0.15, -0.1) is 11.3 Å². The van der Waals surface area contributed by atoms with Crippen molar-refractivity contribution in [3.8, 4) is 16.3 Å². The zero-order chi connectivity index (χ0) is 20.9. The maximum absolute atomic E-state index is 12.9. The summed E-state index contributed by atoms with van der Waals surface area (Å²) in [5, 5.41) is 5.68. The number of benzene rings is 2. The number of thiazole rings is 1. The van der Waals surface area contributed by atoms with Crippen LogP contribution in [0.4, 0.5) is 11.4 Å². The molecule has 0 atom stereocenters. The lowest BCUT2D eigenvalue weighted by atomic mass is 10.2. The maximum Gasteiger partial charge on any atom is 0.275 e. The van der Waals surface area contributed by atoms with Gasteiger partial charge in [-0.2, -0.15) is 0 Å². The summed E-state index contributed by atoms with van der Waals surface area (Å²) in [7, 11) is 1.64. The molecule has 4 rings (SSSR count). The zero-order valence-electron chi connectivity index (χ0n) is 17.3. The molecule has 156 valence electrons. The molecule has 0 radical (unpaired) electrons. The highest BCUT2D eigenvalue weighted by atomic mass is 32.1. The Bertz CT molecular complexity index is 994. The fraction of sp³-hybridized carbons (Fsp3) is 0.304. The number of nitrogens with one attached hydrogen (secondary N) is 1. The molecule has 0 spiro atoms. The number of ether oxygens (including phenoxy) is 1. The molecule has 3 aromatic rings. The molecule has 1 aromatic heterocycles. The monoisotopic (exact) mass is 422 g/mol. The van der Waals surface area contributed by atoms with Gasteiger partial charge < -0.3 is 19.9 Å². The molecule has 1 N–H and O–H groups in total. The lowest BCUT2D eigenvalue weighted by molar-refractivity contribution is 0.102. The summed E-state index contributed by atoms with van der Waals surface area (Å²) in [5.41, 5.74) is 3.28. The minimum absolute atomic E-state index is 0.189. The molecule has 2 heterocycles. The van der Waals surface area contributed by atoms with E-state index in [0.29, 0.717) is 5.69 Å². The van der Waals surface area contributed by atoms with E-state index in [4.69, 9.17) is 4.74 Å². The van der Waals surface area contributed by atoms with Crippen LogP contribution in [0.2, 0.25) is 0 Å². The van der Waals surface area contributed by atoms with E-state index in [0.717, 1.165) is 60.4 Å². The van der Waals surface area contributed by atoms with Crippen molar-refractivity contribution in [2.24, 2.45) is 0 Å². The van der Waals surface area contributed by atoms with E-state index < -0.39 is 0 Å². The molecular formula is C23H26N4O2S. The van der Waals surface area contributed by atoms with Crippen molar-refractivity contribution in [3.05, 3.63) is 59.6 Å². The molecule has 0 bridgehead atoms. The molecule has 6 nitrogen and oxygen atoms in total. The Kier molecular flexibility index (Phi) is 6.30. The summed E-state index contributed by atoms with van der Waals surface area (Å²) in [6.07, 6.45) is 0. The summed E-state index contributed by atoms with van der Waals surface area (Å²) < 4.78 is 5.20. The number of aromatic nitrogens is 1. The second-order valence-electron chi connectivity index (χ2n) is 7.16. The Balaban J connectivity index is 1.48. The first-order valence-electron chi connectivity index (χ1n) is 10.2. The predicted molar refractivity (Wildman–Crippen MR) is 123 cm³/mol. The number of likely N-dealkylation sites (N-methyl/N-ethyl adjacent to an activating group) is 1. The summed E-state index contributed by atoms with van der Waals surface area (Å²) in [6.45, 7) is 7.26. The minimum atomic E-state index is -0.189. The van der Waals surface area contributed by atoms with Crippen LogP contribution in [0.1, 0.15) is 17.4 Å². The van der Waals surface area contributed by atoms with E-state index in [9.17, 15) is 4.79 Å². The van der Waals surface area contributed by atoms with Crippen LogP contribution in [0, 0.1) is 0 Å². The van der Waals surface area contributed by atoms with Crippen LogP contribution in [0.25, 0.3) is 10.6 Å². The Morgan fingerprint density at radius 3 is 2.53 bits per heavy atom. The molecule has 1 saturated heterocycles. The lowest BCUT2D eigenvalue weighted by Crippen LogP contribution is -2.46. The fourth-order valence-electron chi connectivity index (χ4n) is 3.59. The summed E-state index contributed by atoms with van der Waals surface area (Å²) in [5.74, 6) is 0.607. The lowest BCUT2D eigenvalue weighted by Gasteiger charge is -2.36. The Labute approximate surface area is 181 Å². The molecule has 2 aromatic carbocycles. The molecule has 7 heteroatoms. The molecule has 0 saturated carbocycles. The van der Waals surface area contributed by atoms with Gasteiger partial charge in [-0.1, -0.05) is 19.1 Å². The summed E-state index contributed by atoms with van der Waals surface area (Å²) >= 11 is 1.46. The van der Waals surface area contributed by atoms with E-state index in [1.165, 1.54) is 11.3 Å². The number of hydrogen-bond acceptors (Lipinski definition) is 6. The van der Waals surface area contributed by atoms with Gasteiger partial charge in [0.2, 0.25) is 0 Å². The van der Waals surface area contributed by atoms with Gasteiger partial charge in [-0.25, -0.2) is 4.98 Å². The summed E-state index contributed by atoms with van der Waals surface area (Å²) in [6, 6.07) is 15.7. The topological polar surface area (TPSA) is 57.7 Å². The van der Waals surface area contributed by atoms with Crippen LogP contribution < -0.4 is 15.0 Å². The number of anilines is 2. The van der Waals surface area contributed by atoms with Crippen molar-refractivity contribution >= 4 is 28.6 Å². The van der Waals surface area contributed by atoms with Crippen LogP contribution in [-0.4, -0.2) is 55.6 Å². The van der Waals surface area contributed by atoms with Crippen molar-refractivity contribution in [2.75, 3.05) is 50.1 Å². The standard InChI is InChI=1S/C23H26N4O2S/c1-3-26-12-14-27(15-13-26)21-7-5-4-6-19(21)24-22(28)20-16-30-23(25-20)17-8-10-18(29-2)11-9-17/h4-11,16H,3,12-15H2,1-2H3,(H,24,28). The van der Waals surface area contributed by atoms with Crippen LogP contribution >= 0.6 is 11.3 Å². The van der Waals surface area contributed by atoms with E-state index in [2.05, 4.69) is 33.1 Å². The van der Waals surface area contributed by atoms with Crippen molar-refractivity contribution in [3.63, 3.8) is 0 Å². The average molecular weight is 423 g/mol. The highest BCUT2D eigenvalue weighted by Crippen LogP contribution is 2.29. The van der Waals surface area contributed by atoms with E-state index >= 15 is 0 Å². The van der Waals surface area contributed by atoms with Gasteiger partial charge in [0.25, 0.3) is 5.91 Å². The number of amides is 1. The van der Waals surface area contributed by atoms with Crippen molar-refractivity contribution in [1.29, 1.82) is 0 Å². The van der Waals surface area contributed by atoms with E-state index in [1.807, 2.05) is 42.5 Å². The van der Waals surface area contributed by atoms with Gasteiger partial charge in [-0.3, -0.25) is 4.79 Å². The Morgan fingerprint density at radius 2 is 1.83 bits per heavy atom. The molecule has 1 aliphatic heterocycles. The average Bonchev–Trinajstić information content (AvgIpc) is 3.30. The Morgan fingerprint density at radius 1 is 1.10 bits per heavy atom. The second-order valence-corrected chi connectivity index (χ2v) is 8.02. The second kappa shape index (κ2) is 9.28. The number of nitrogens with zero attached hydrogens (tertiary/aromatic N) is 3. The first-order chi connectivity index (χ1) is 14.7. The van der Waals surface area contributed by atoms with Crippen LogP contribution in [0.3, 0.4) is 0 Å². The first-order valence-corrected chi connectivity index (χ1v) is 11.0. The zero-order valence-corrected chi connectivity index (χ0v) is 18.1. The van der Waals surface area contributed by atoms with Gasteiger partial charge in [0.1, 0.15) is 16.5 Å². The molecular weight excluding hydrogens is 396 g/mol. The molecule has 0 unspecified atom stereocenters. The minimum Gasteiger partial charge on any atom is -0.497 e. The Hall–Kier alpha value is -2.90. The summed E-state index contributed by atoms with van der Waals surface area (Å²) in [4.78, 5) is 22.2. The third kappa shape index (κ3) is 4.47. The largest absolute Gasteiger partial charge is 0.497 e.